The van der Waals surface area contributed by atoms with Crippen LogP contribution in [0.15, 0.2) is 59.5 Å². The number of unbranched alkanes of at least 4 members (excludes halogenated alkanes) is 1. The van der Waals surface area contributed by atoms with Crippen molar-refractivity contribution in [3.8, 4) is 11.5 Å². The van der Waals surface area contributed by atoms with E-state index in [1.807, 2.05) is 25.1 Å². The van der Waals surface area contributed by atoms with Crippen LogP contribution in [0.4, 0.5) is 0 Å². The van der Waals surface area contributed by atoms with E-state index in [1.54, 1.807) is 26.0 Å². The van der Waals surface area contributed by atoms with Gasteiger partial charge in [0.05, 0.1) is 18.1 Å². The molecule has 1 amide bonds. The van der Waals surface area contributed by atoms with Crippen molar-refractivity contribution in [1.82, 2.24) is 9.39 Å². The molecule has 1 N–H and O–H groups in total. The molecule has 2 aromatic rings. The Labute approximate surface area is 195 Å². The van der Waals surface area contributed by atoms with Crippen LogP contribution >= 0.6 is 7.75 Å². The molecule has 1 atom stereocenters. The first-order valence-corrected chi connectivity index (χ1v) is 13.8. The maximum atomic E-state index is 13.2. The Hall–Kier alpha value is -2.23. The van der Waals surface area contributed by atoms with Crippen LogP contribution < -0.4 is 9.46 Å². The lowest BCUT2D eigenvalue weighted by atomic mass is 10.2. The minimum Gasteiger partial charge on any atom is -0.457 e. The number of amides is 1. The largest absolute Gasteiger partial charge is 0.457 e. The third-order valence-corrected chi connectivity index (χ3v) is 8.11. The molecule has 1 unspecified atom stereocenters. The summed E-state index contributed by atoms with van der Waals surface area (Å²) >= 11 is 0. The number of carbonyl (C=O) groups is 1. The van der Waals surface area contributed by atoms with E-state index < -0.39 is 23.9 Å². The van der Waals surface area contributed by atoms with Crippen LogP contribution in [0.3, 0.4) is 0 Å². The molecule has 2 aromatic carbocycles. The summed E-state index contributed by atoms with van der Waals surface area (Å²) in [7, 11) is -8.10. The number of rotatable bonds is 15. The molecule has 11 heteroatoms. The second kappa shape index (κ2) is 12.9. The lowest BCUT2D eigenvalue weighted by molar-refractivity contribution is -0.117. The summed E-state index contributed by atoms with van der Waals surface area (Å²) in [5.74, 6) is 1.09. The summed E-state index contributed by atoms with van der Waals surface area (Å²) in [6.07, 6.45) is 0.736. The van der Waals surface area contributed by atoms with E-state index in [-0.39, 0.29) is 24.5 Å². The highest BCUT2D eigenvalue weighted by molar-refractivity contribution is 7.89. The first-order valence-electron chi connectivity index (χ1n) is 10.8. The lowest BCUT2D eigenvalue weighted by Gasteiger charge is -2.33. The molecular formula is C22H31N2O7PS. The van der Waals surface area contributed by atoms with E-state index in [4.69, 9.17) is 13.8 Å². The van der Waals surface area contributed by atoms with Gasteiger partial charge in [0.1, 0.15) is 17.7 Å². The Morgan fingerprint density at radius 3 is 2.06 bits per heavy atom. The average molecular weight is 499 g/mol. The summed E-state index contributed by atoms with van der Waals surface area (Å²) in [6.45, 7) is 5.19. The first kappa shape index (κ1) is 27.0. The van der Waals surface area contributed by atoms with Gasteiger partial charge in [0.15, 0.2) is 0 Å². The zero-order valence-electron chi connectivity index (χ0n) is 19.0. The molecule has 0 aliphatic carbocycles. The van der Waals surface area contributed by atoms with E-state index in [2.05, 4.69) is 4.72 Å². The molecular weight excluding hydrogens is 467 g/mol. The van der Waals surface area contributed by atoms with Gasteiger partial charge in [0.25, 0.3) is 0 Å². The second-order valence-electron chi connectivity index (χ2n) is 6.96. The van der Waals surface area contributed by atoms with Crippen LogP contribution in [0.5, 0.6) is 11.5 Å². The van der Waals surface area contributed by atoms with Gasteiger partial charge < -0.3 is 4.74 Å². The topological polar surface area (TPSA) is 111 Å². The number of hydrogen-bond acceptors (Lipinski definition) is 7. The quantitative estimate of drug-likeness (QED) is 0.211. The summed E-state index contributed by atoms with van der Waals surface area (Å²) in [6, 6.07) is 15.0. The number of nitrogens with zero attached hydrogens (tertiary/aromatic N) is 1. The van der Waals surface area contributed by atoms with Gasteiger partial charge in [-0.25, -0.2) is 17.7 Å². The lowest BCUT2D eigenvalue weighted by Crippen LogP contribution is -2.46. The fourth-order valence-corrected chi connectivity index (χ4v) is 5.92. The zero-order chi connectivity index (χ0) is 24.3. The summed E-state index contributed by atoms with van der Waals surface area (Å²) in [5, 5.41) is 0. The van der Waals surface area contributed by atoms with Crippen molar-refractivity contribution in [1.29, 1.82) is 0 Å². The van der Waals surface area contributed by atoms with Gasteiger partial charge in [-0.3, -0.25) is 13.8 Å². The number of benzene rings is 2. The normalized spacial score (nSPS) is 12.8. The minimum atomic E-state index is -4.06. The van der Waals surface area contributed by atoms with Gasteiger partial charge in [-0.15, -0.1) is 0 Å². The Balaban J connectivity index is 2.27. The molecule has 0 bridgehead atoms. The maximum Gasteiger partial charge on any atom is 0.438 e. The molecule has 0 aliphatic rings. The van der Waals surface area contributed by atoms with Crippen LogP contribution in [0, 0.1) is 0 Å². The SMILES string of the molecule is CCCCC(NS(=O)(=O)c1ccc(Oc2ccccc2)cc1)N(C=O)P(=O)(OCC)OCC. The van der Waals surface area contributed by atoms with Crippen molar-refractivity contribution >= 4 is 24.2 Å². The molecule has 0 saturated carbocycles. The van der Waals surface area contributed by atoms with Crippen molar-refractivity contribution in [3.63, 3.8) is 0 Å². The molecule has 0 aromatic heterocycles. The Kier molecular flexibility index (Phi) is 10.5. The van der Waals surface area contributed by atoms with Crippen molar-refractivity contribution in [2.24, 2.45) is 0 Å². The number of para-hydroxylation sites is 1. The van der Waals surface area contributed by atoms with Gasteiger partial charge in [-0.1, -0.05) is 38.0 Å². The van der Waals surface area contributed by atoms with Crippen molar-refractivity contribution in [2.45, 2.75) is 51.1 Å². The minimum absolute atomic E-state index is 0.0255. The van der Waals surface area contributed by atoms with Crippen molar-refractivity contribution in [3.05, 3.63) is 54.6 Å². The van der Waals surface area contributed by atoms with Gasteiger partial charge in [0.2, 0.25) is 16.4 Å². The number of sulfonamides is 1. The van der Waals surface area contributed by atoms with E-state index in [0.717, 1.165) is 11.1 Å². The number of nitrogens with one attached hydrogen (secondary N) is 1. The molecule has 0 fully saturated rings. The van der Waals surface area contributed by atoms with Gasteiger partial charge in [-0.2, -0.15) is 4.72 Å². The van der Waals surface area contributed by atoms with Crippen LogP contribution in [0.1, 0.15) is 40.0 Å². The highest BCUT2D eigenvalue weighted by atomic mass is 32.2. The maximum absolute atomic E-state index is 13.2. The summed E-state index contributed by atoms with van der Waals surface area (Å²) in [4.78, 5) is 11.9. The third kappa shape index (κ3) is 7.65. The second-order valence-corrected chi connectivity index (χ2v) is 10.6. The van der Waals surface area contributed by atoms with Gasteiger partial charge in [0, 0.05) is 0 Å². The molecule has 0 spiro atoms. The summed E-state index contributed by atoms with van der Waals surface area (Å²) in [5.41, 5.74) is 0. The number of carbonyl (C=O) groups excluding carboxylic acids is 1. The smallest absolute Gasteiger partial charge is 0.438 e. The highest BCUT2D eigenvalue weighted by Gasteiger charge is 2.39. The molecule has 0 heterocycles. The first-order chi connectivity index (χ1) is 15.8. The predicted molar refractivity (Wildman–Crippen MR) is 125 cm³/mol. The fraction of sp³-hybridized carbons (Fsp3) is 0.409. The van der Waals surface area contributed by atoms with Crippen LogP contribution in [0.2, 0.25) is 0 Å². The Morgan fingerprint density at radius 1 is 0.970 bits per heavy atom. The molecule has 33 heavy (non-hydrogen) atoms. The average Bonchev–Trinajstić information content (AvgIpc) is 2.79. The van der Waals surface area contributed by atoms with Crippen LogP contribution in [-0.2, 0) is 28.4 Å². The molecule has 9 nitrogen and oxygen atoms in total. The highest BCUT2D eigenvalue weighted by Crippen LogP contribution is 2.52. The Bertz CT molecular complexity index is 1010. The summed E-state index contributed by atoms with van der Waals surface area (Å²) < 4.78 is 58.8. The zero-order valence-corrected chi connectivity index (χ0v) is 20.8. The third-order valence-electron chi connectivity index (χ3n) is 4.53. The Morgan fingerprint density at radius 2 is 1.55 bits per heavy atom. The number of ether oxygens (including phenoxy) is 1. The van der Waals surface area contributed by atoms with Crippen LogP contribution in [0.25, 0.3) is 0 Å². The number of hydrogen-bond donors (Lipinski definition) is 1. The predicted octanol–water partition coefficient (Wildman–Crippen LogP) is 4.91. The van der Waals surface area contributed by atoms with Gasteiger partial charge in [-0.05, 0) is 56.7 Å². The molecule has 0 saturated heterocycles. The van der Waals surface area contributed by atoms with E-state index in [0.29, 0.717) is 24.3 Å². The van der Waals surface area contributed by atoms with Crippen molar-refractivity contribution < 1.29 is 31.6 Å². The molecule has 182 valence electrons. The molecule has 2 rings (SSSR count). The van der Waals surface area contributed by atoms with Gasteiger partial charge >= 0.3 is 7.75 Å². The van der Waals surface area contributed by atoms with E-state index in [9.17, 15) is 17.8 Å². The molecule has 0 aliphatic heterocycles. The van der Waals surface area contributed by atoms with Crippen molar-refractivity contribution in [2.75, 3.05) is 13.2 Å². The molecule has 0 radical (unpaired) electrons. The fourth-order valence-electron chi connectivity index (χ4n) is 3.00. The van der Waals surface area contributed by atoms with Crippen LogP contribution in [-0.4, -0.2) is 38.9 Å². The monoisotopic (exact) mass is 498 g/mol. The van der Waals surface area contributed by atoms with E-state index in [1.165, 1.54) is 24.3 Å². The van der Waals surface area contributed by atoms with E-state index >= 15 is 0 Å². The standard InChI is InChI=1S/C22H31N2O7PS/c1-4-7-13-22(24(18-25)32(26,29-5-2)30-6-3)23-33(27,28)21-16-14-20(15-17-21)31-19-11-9-8-10-12-19/h8-12,14-18,22-23H,4-7,13H2,1-3H3.